The van der Waals surface area contributed by atoms with Crippen LogP contribution in [0.15, 0.2) is 48.5 Å². The molecule has 20 heavy (non-hydrogen) atoms. The molecule has 0 radical (unpaired) electrons. The maximum atomic E-state index is 6.06. The number of benzene rings is 2. The zero-order valence-electron chi connectivity index (χ0n) is 12.8. The van der Waals surface area contributed by atoms with Crippen LogP contribution >= 0.6 is 0 Å². The van der Waals surface area contributed by atoms with Gasteiger partial charge in [-0.3, -0.25) is 0 Å². The van der Waals surface area contributed by atoms with E-state index in [0.29, 0.717) is 5.92 Å². The van der Waals surface area contributed by atoms with Gasteiger partial charge in [-0.05, 0) is 41.0 Å². The first kappa shape index (κ1) is 14.8. The first-order valence-electron chi connectivity index (χ1n) is 7.55. The molecule has 0 aromatic heterocycles. The van der Waals surface area contributed by atoms with Crippen molar-refractivity contribution in [3.63, 3.8) is 0 Å². The Bertz CT molecular complexity index is 540. The van der Waals surface area contributed by atoms with E-state index in [1.165, 1.54) is 22.3 Å². The van der Waals surface area contributed by atoms with E-state index in [9.17, 15) is 0 Å². The van der Waals surface area contributed by atoms with Crippen LogP contribution in [0.2, 0.25) is 0 Å². The second-order valence-corrected chi connectivity index (χ2v) is 5.94. The Morgan fingerprint density at radius 1 is 0.950 bits per heavy atom. The fraction of sp³-hybridized carbons (Fsp3) is 0.368. The van der Waals surface area contributed by atoms with E-state index in [4.69, 9.17) is 5.73 Å². The largest absolute Gasteiger partial charge is 0.324 e. The first-order valence-corrected chi connectivity index (χ1v) is 7.55. The molecule has 1 heteroatoms. The van der Waals surface area contributed by atoms with Gasteiger partial charge in [-0.25, -0.2) is 0 Å². The number of nitrogens with two attached hydrogens (primary N) is 1. The Morgan fingerprint density at radius 2 is 1.65 bits per heavy atom. The Morgan fingerprint density at radius 3 is 2.25 bits per heavy atom. The molecule has 0 amide bonds. The summed E-state index contributed by atoms with van der Waals surface area (Å²) in [5.74, 6) is 0.690. The summed E-state index contributed by atoms with van der Waals surface area (Å²) in [5.41, 5.74) is 11.2. The van der Waals surface area contributed by atoms with Gasteiger partial charge >= 0.3 is 0 Å². The molecule has 0 aliphatic carbocycles. The molecule has 0 spiro atoms. The lowest BCUT2D eigenvalue weighted by Crippen LogP contribution is -2.08. The van der Waals surface area contributed by atoms with Crippen LogP contribution < -0.4 is 5.73 Å². The summed E-state index contributed by atoms with van der Waals surface area (Å²) >= 11 is 0. The van der Waals surface area contributed by atoms with Crippen LogP contribution in [-0.4, -0.2) is 0 Å². The molecule has 2 N–H and O–H groups in total. The van der Waals surface area contributed by atoms with Crippen molar-refractivity contribution >= 4 is 0 Å². The van der Waals surface area contributed by atoms with Crippen molar-refractivity contribution < 1.29 is 0 Å². The molecule has 0 fully saturated rings. The highest BCUT2D eigenvalue weighted by molar-refractivity contribution is 5.64. The lowest BCUT2D eigenvalue weighted by atomic mass is 9.96. The highest BCUT2D eigenvalue weighted by Gasteiger charge is 2.05. The van der Waals surface area contributed by atoms with Crippen molar-refractivity contribution in [2.75, 3.05) is 0 Å². The average molecular weight is 267 g/mol. The predicted octanol–water partition coefficient (Wildman–Crippen LogP) is 4.96. The highest BCUT2D eigenvalue weighted by Crippen LogP contribution is 2.24. The number of hydrogen-bond donors (Lipinski definition) is 1. The van der Waals surface area contributed by atoms with Gasteiger partial charge in [0.1, 0.15) is 0 Å². The molecule has 1 unspecified atom stereocenters. The van der Waals surface area contributed by atoms with Crippen molar-refractivity contribution in [3.8, 4) is 11.1 Å². The predicted molar refractivity (Wildman–Crippen MR) is 87.6 cm³/mol. The quantitative estimate of drug-likeness (QED) is 0.814. The molecule has 1 nitrogen and oxygen atoms in total. The molecule has 1 atom stereocenters. The van der Waals surface area contributed by atoms with E-state index in [-0.39, 0.29) is 6.04 Å². The van der Waals surface area contributed by atoms with Crippen molar-refractivity contribution in [2.45, 2.75) is 39.7 Å². The standard InChI is InChI=1S/C19H25N/c1-4-19(20)17-10-8-16(9-11-17)18-7-5-6-15(13-18)12-14(2)3/h5-11,13-14,19H,4,12,20H2,1-3H3. The lowest BCUT2D eigenvalue weighted by molar-refractivity contribution is 0.647. The second-order valence-electron chi connectivity index (χ2n) is 5.94. The normalized spacial score (nSPS) is 12.7. The van der Waals surface area contributed by atoms with Gasteiger partial charge in [0.05, 0.1) is 0 Å². The zero-order valence-corrected chi connectivity index (χ0v) is 12.8. The van der Waals surface area contributed by atoms with Gasteiger partial charge in [0, 0.05) is 6.04 Å². The first-order chi connectivity index (χ1) is 9.60. The third kappa shape index (κ3) is 3.71. The summed E-state index contributed by atoms with van der Waals surface area (Å²) in [4.78, 5) is 0. The van der Waals surface area contributed by atoms with Gasteiger partial charge in [-0.1, -0.05) is 69.3 Å². The van der Waals surface area contributed by atoms with E-state index >= 15 is 0 Å². The third-order valence-corrected chi connectivity index (χ3v) is 3.68. The van der Waals surface area contributed by atoms with Gasteiger partial charge < -0.3 is 5.73 Å². The lowest BCUT2D eigenvalue weighted by Gasteiger charge is -2.11. The fourth-order valence-corrected chi connectivity index (χ4v) is 2.51. The van der Waals surface area contributed by atoms with Crippen molar-refractivity contribution in [1.82, 2.24) is 0 Å². The van der Waals surface area contributed by atoms with Gasteiger partial charge in [0.25, 0.3) is 0 Å². The van der Waals surface area contributed by atoms with Crippen LogP contribution in [0.4, 0.5) is 0 Å². The summed E-state index contributed by atoms with van der Waals surface area (Å²) < 4.78 is 0. The minimum atomic E-state index is 0.149. The number of rotatable bonds is 5. The fourth-order valence-electron chi connectivity index (χ4n) is 2.51. The molecule has 2 rings (SSSR count). The van der Waals surface area contributed by atoms with Crippen LogP contribution in [0.25, 0.3) is 11.1 Å². The Hall–Kier alpha value is -1.60. The van der Waals surface area contributed by atoms with Crippen molar-refractivity contribution in [2.24, 2.45) is 11.7 Å². The summed E-state index contributed by atoms with van der Waals surface area (Å²) in [6, 6.07) is 17.7. The van der Waals surface area contributed by atoms with Crippen LogP contribution in [0.5, 0.6) is 0 Å². The minimum absolute atomic E-state index is 0.149. The van der Waals surface area contributed by atoms with Crippen LogP contribution in [0.1, 0.15) is 44.4 Å². The molecule has 0 saturated carbocycles. The summed E-state index contributed by atoms with van der Waals surface area (Å²) in [5, 5.41) is 0. The zero-order chi connectivity index (χ0) is 14.5. The molecule has 2 aromatic rings. The SMILES string of the molecule is CCC(N)c1ccc(-c2cccc(CC(C)C)c2)cc1. The smallest absolute Gasteiger partial charge is 0.0292 e. The second kappa shape index (κ2) is 6.71. The van der Waals surface area contributed by atoms with Crippen LogP contribution in [-0.2, 0) is 6.42 Å². The van der Waals surface area contributed by atoms with Gasteiger partial charge in [-0.15, -0.1) is 0 Å². The summed E-state index contributed by atoms with van der Waals surface area (Å²) in [6.07, 6.45) is 2.11. The summed E-state index contributed by atoms with van der Waals surface area (Å²) in [6.45, 7) is 6.63. The average Bonchev–Trinajstić information content (AvgIpc) is 2.46. The van der Waals surface area contributed by atoms with E-state index in [2.05, 4.69) is 69.3 Å². The van der Waals surface area contributed by atoms with Crippen molar-refractivity contribution in [3.05, 3.63) is 59.7 Å². The van der Waals surface area contributed by atoms with Crippen molar-refractivity contribution in [1.29, 1.82) is 0 Å². The molecule has 0 aliphatic heterocycles. The highest BCUT2D eigenvalue weighted by atomic mass is 14.6. The molecular weight excluding hydrogens is 242 g/mol. The van der Waals surface area contributed by atoms with E-state index in [1.807, 2.05) is 0 Å². The Balaban J connectivity index is 2.23. The molecule has 0 saturated heterocycles. The van der Waals surface area contributed by atoms with Gasteiger partial charge in [0.15, 0.2) is 0 Å². The maximum Gasteiger partial charge on any atom is 0.0292 e. The molecule has 0 aliphatic rings. The molecule has 0 heterocycles. The molecule has 106 valence electrons. The van der Waals surface area contributed by atoms with E-state index in [1.54, 1.807) is 0 Å². The molecule has 0 bridgehead atoms. The van der Waals surface area contributed by atoms with Gasteiger partial charge in [0.2, 0.25) is 0 Å². The topological polar surface area (TPSA) is 26.0 Å². The molecular formula is C19H25N. The van der Waals surface area contributed by atoms with Crippen LogP contribution in [0, 0.1) is 5.92 Å². The van der Waals surface area contributed by atoms with E-state index in [0.717, 1.165) is 12.8 Å². The maximum absolute atomic E-state index is 6.06. The monoisotopic (exact) mass is 267 g/mol. The summed E-state index contributed by atoms with van der Waals surface area (Å²) in [7, 11) is 0. The number of hydrogen-bond acceptors (Lipinski definition) is 1. The molecule has 2 aromatic carbocycles. The van der Waals surface area contributed by atoms with Crippen LogP contribution in [0.3, 0.4) is 0 Å². The minimum Gasteiger partial charge on any atom is -0.324 e. The Labute approximate surface area is 122 Å². The Kier molecular flexibility index (Phi) is 4.97. The van der Waals surface area contributed by atoms with Gasteiger partial charge in [-0.2, -0.15) is 0 Å². The van der Waals surface area contributed by atoms with E-state index < -0.39 is 0 Å². The third-order valence-electron chi connectivity index (χ3n) is 3.68.